The van der Waals surface area contributed by atoms with Crippen LogP contribution in [0.15, 0.2) is 30.3 Å². The molecule has 0 unspecified atom stereocenters. The maximum Gasteiger partial charge on any atom is 0.254 e. The molecular formula is C26H36ClN7. The summed E-state index contributed by atoms with van der Waals surface area (Å²) in [5.41, 5.74) is 2.43. The minimum atomic E-state index is 0.550. The van der Waals surface area contributed by atoms with Crippen LogP contribution in [0.4, 0.5) is 11.5 Å². The number of piperazine rings is 1. The van der Waals surface area contributed by atoms with Gasteiger partial charge in [0.1, 0.15) is 5.82 Å². The van der Waals surface area contributed by atoms with E-state index in [0.29, 0.717) is 5.92 Å². The molecule has 34 heavy (non-hydrogen) atoms. The van der Waals surface area contributed by atoms with Gasteiger partial charge in [-0.1, -0.05) is 30.9 Å². The molecule has 1 saturated heterocycles. The lowest BCUT2D eigenvalue weighted by Crippen LogP contribution is -2.46. The maximum absolute atomic E-state index is 6.05. The van der Waals surface area contributed by atoms with Crippen molar-refractivity contribution in [3.8, 4) is 0 Å². The first kappa shape index (κ1) is 23.4. The van der Waals surface area contributed by atoms with Crippen LogP contribution in [0.2, 0.25) is 5.02 Å². The van der Waals surface area contributed by atoms with Gasteiger partial charge in [-0.2, -0.15) is 9.50 Å². The van der Waals surface area contributed by atoms with Crippen LogP contribution >= 0.6 is 11.6 Å². The van der Waals surface area contributed by atoms with Crippen molar-refractivity contribution in [3.05, 3.63) is 46.9 Å². The highest BCUT2D eigenvalue weighted by atomic mass is 35.5. The normalized spacial score (nSPS) is 18.0. The zero-order valence-electron chi connectivity index (χ0n) is 20.5. The number of benzene rings is 1. The molecule has 1 aromatic carbocycles. The molecule has 2 aliphatic rings. The molecule has 7 nitrogen and oxygen atoms in total. The van der Waals surface area contributed by atoms with Gasteiger partial charge >= 0.3 is 0 Å². The highest BCUT2D eigenvalue weighted by Gasteiger charge is 2.23. The minimum absolute atomic E-state index is 0.550. The molecule has 0 N–H and O–H groups in total. The third kappa shape index (κ3) is 5.01. The van der Waals surface area contributed by atoms with E-state index >= 15 is 0 Å². The summed E-state index contributed by atoms with van der Waals surface area (Å²) in [5, 5.41) is 5.71. The zero-order chi connectivity index (χ0) is 23.5. The number of aromatic nitrogens is 4. The van der Waals surface area contributed by atoms with E-state index in [1.807, 2.05) is 16.6 Å². The first-order valence-corrected chi connectivity index (χ1v) is 13.3. The van der Waals surface area contributed by atoms with Crippen LogP contribution in [-0.4, -0.2) is 63.8 Å². The van der Waals surface area contributed by atoms with Crippen molar-refractivity contribution in [1.29, 1.82) is 0 Å². The standard InChI is InChI=1S/C26H36ClN7/c1-3-32(4-2)25-18-23(20-8-6-5-7-9-20)28-26-29-24(30-34(25)26)19-31-14-16-33(17-15-31)22-12-10-21(27)11-13-22/h10-13,18,20H,3-9,14-17,19H2,1-2H3. The lowest BCUT2D eigenvalue weighted by atomic mass is 9.87. The fourth-order valence-corrected chi connectivity index (χ4v) is 5.50. The van der Waals surface area contributed by atoms with E-state index < -0.39 is 0 Å². The summed E-state index contributed by atoms with van der Waals surface area (Å²) in [6.07, 6.45) is 6.43. The monoisotopic (exact) mass is 481 g/mol. The van der Waals surface area contributed by atoms with Crippen LogP contribution in [-0.2, 0) is 6.54 Å². The molecule has 2 fully saturated rings. The first-order valence-electron chi connectivity index (χ1n) is 12.9. The maximum atomic E-state index is 6.05. The second kappa shape index (κ2) is 10.5. The molecule has 3 aromatic rings. The number of rotatable bonds is 7. The SMILES string of the molecule is CCN(CC)c1cc(C2CCCCC2)nc2nc(CN3CCN(c4ccc(Cl)cc4)CC3)nn12. The van der Waals surface area contributed by atoms with Gasteiger partial charge in [-0.25, -0.2) is 4.98 Å². The Kier molecular flexibility index (Phi) is 7.21. The molecule has 0 bridgehead atoms. The fraction of sp³-hybridized carbons (Fsp3) is 0.577. The average Bonchev–Trinajstić information content (AvgIpc) is 3.29. The van der Waals surface area contributed by atoms with Crippen LogP contribution in [0.25, 0.3) is 5.78 Å². The molecule has 5 rings (SSSR count). The Bertz CT molecular complexity index is 1080. The smallest absolute Gasteiger partial charge is 0.254 e. The Morgan fingerprint density at radius 3 is 2.32 bits per heavy atom. The van der Waals surface area contributed by atoms with E-state index in [1.54, 1.807) is 0 Å². The molecule has 0 spiro atoms. The largest absolute Gasteiger partial charge is 0.369 e. The van der Waals surface area contributed by atoms with Crippen molar-refractivity contribution in [2.24, 2.45) is 0 Å². The third-order valence-corrected chi connectivity index (χ3v) is 7.65. The Labute approximate surface area is 207 Å². The predicted molar refractivity (Wildman–Crippen MR) is 139 cm³/mol. The Hall–Kier alpha value is -2.38. The number of anilines is 2. The van der Waals surface area contributed by atoms with Crippen molar-refractivity contribution in [3.63, 3.8) is 0 Å². The molecule has 1 saturated carbocycles. The number of nitrogens with zero attached hydrogens (tertiary/aromatic N) is 7. The Morgan fingerprint density at radius 2 is 1.65 bits per heavy atom. The summed E-state index contributed by atoms with van der Waals surface area (Å²) in [6, 6.07) is 10.4. The lowest BCUT2D eigenvalue weighted by molar-refractivity contribution is 0.244. The molecule has 0 amide bonds. The summed E-state index contributed by atoms with van der Waals surface area (Å²) in [5.74, 6) is 3.29. The van der Waals surface area contributed by atoms with Gasteiger partial charge in [-0.15, -0.1) is 5.10 Å². The van der Waals surface area contributed by atoms with E-state index in [0.717, 1.165) is 68.3 Å². The zero-order valence-corrected chi connectivity index (χ0v) is 21.2. The van der Waals surface area contributed by atoms with Crippen molar-refractivity contribution < 1.29 is 0 Å². The molecular weight excluding hydrogens is 446 g/mol. The van der Waals surface area contributed by atoms with Crippen molar-refractivity contribution in [2.45, 2.75) is 58.4 Å². The predicted octanol–water partition coefficient (Wildman–Crippen LogP) is 4.99. The molecule has 2 aromatic heterocycles. The number of hydrogen-bond acceptors (Lipinski definition) is 6. The second-order valence-electron chi connectivity index (χ2n) is 9.53. The van der Waals surface area contributed by atoms with Crippen LogP contribution in [0.3, 0.4) is 0 Å². The topological polar surface area (TPSA) is 52.8 Å². The minimum Gasteiger partial charge on any atom is -0.369 e. The van der Waals surface area contributed by atoms with Crippen LogP contribution < -0.4 is 9.80 Å². The summed E-state index contributed by atoms with van der Waals surface area (Å²) >= 11 is 6.05. The van der Waals surface area contributed by atoms with Gasteiger partial charge < -0.3 is 9.80 Å². The molecule has 182 valence electrons. The van der Waals surface area contributed by atoms with E-state index in [2.05, 4.69) is 46.7 Å². The van der Waals surface area contributed by atoms with Crippen LogP contribution in [0.5, 0.6) is 0 Å². The first-order chi connectivity index (χ1) is 16.6. The van der Waals surface area contributed by atoms with Crippen molar-refractivity contribution >= 4 is 28.9 Å². The highest BCUT2D eigenvalue weighted by Crippen LogP contribution is 2.33. The molecule has 1 aliphatic carbocycles. The quantitative estimate of drug-likeness (QED) is 0.473. The van der Waals surface area contributed by atoms with Crippen molar-refractivity contribution in [2.75, 3.05) is 49.1 Å². The summed E-state index contributed by atoms with van der Waals surface area (Å²) in [6.45, 7) is 11.0. The number of halogens is 1. The van der Waals surface area contributed by atoms with E-state index in [-0.39, 0.29) is 0 Å². The molecule has 3 heterocycles. The van der Waals surface area contributed by atoms with Crippen LogP contribution in [0.1, 0.15) is 63.4 Å². The van der Waals surface area contributed by atoms with Gasteiger partial charge in [0.15, 0.2) is 5.82 Å². The molecule has 8 heteroatoms. The second-order valence-corrected chi connectivity index (χ2v) is 9.96. The summed E-state index contributed by atoms with van der Waals surface area (Å²) < 4.78 is 1.97. The van der Waals surface area contributed by atoms with Gasteiger partial charge in [0.05, 0.1) is 12.2 Å². The van der Waals surface area contributed by atoms with Crippen molar-refractivity contribution in [1.82, 2.24) is 24.5 Å². The molecule has 0 atom stereocenters. The Morgan fingerprint density at radius 1 is 0.941 bits per heavy atom. The lowest BCUT2D eigenvalue weighted by Gasteiger charge is -2.35. The van der Waals surface area contributed by atoms with Gasteiger partial charge in [-0.05, 0) is 51.0 Å². The Balaban J connectivity index is 1.33. The van der Waals surface area contributed by atoms with E-state index in [4.69, 9.17) is 26.7 Å². The van der Waals surface area contributed by atoms with Gasteiger partial charge in [0, 0.05) is 62.0 Å². The third-order valence-electron chi connectivity index (χ3n) is 7.40. The van der Waals surface area contributed by atoms with Gasteiger partial charge in [0.25, 0.3) is 5.78 Å². The summed E-state index contributed by atoms with van der Waals surface area (Å²) in [7, 11) is 0. The van der Waals surface area contributed by atoms with E-state index in [1.165, 1.54) is 43.5 Å². The van der Waals surface area contributed by atoms with E-state index in [9.17, 15) is 0 Å². The highest BCUT2D eigenvalue weighted by molar-refractivity contribution is 6.30. The average molecular weight is 482 g/mol. The number of hydrogen-bond donors (Lipinski definition) is 0. The van der Waals surface area contributed by atoms with Gasteiger partial charge in [0.2, 0.25) is 0 Å². The van der Waals surface area contributed by atoms with Crippen LogP contribution in [0, 0.1) is 0 Å². The fourth-order valence-electron chi connectivity index (χ4n) is 5.38. The summed E-state index contributed by atoms with van der Waals surface area (Å²) in [4.78, 5) is 17.1. The molecule has 1 aliphatic heterocycles. The number of fused-ring (bicyclic) bond motifs is 1. The van der Waals surface area contributed by atoms with Gasteiger partial charge in [-0.3, -0.25) is 4.90 Å². The molecule has 0 radical (unpaired) electrons.